The predicted octanol–water partition coefficient (Wildman–Crippen LogP) is 4.75. The van der Waals surface area contributed by atoms with Crippen LogP contribution in [-0.2, 0) is 21.7 Å². The first-order valence-corrected chi connectivity index (χ1v) is 16.3. The highest BCUT2D eigenvalue weighted by Gasteiger charge is 2.66. The van der Waals surface area contributed by atoms with Gasteiger partial charge >= 0.3 is 0 Å². The fourth-order valence-electron chi connectivity index (χ4n) is 6.74. The molecule has 0 radical (unpaired) electrons. The average Bonchev–Trinajstić information content (AvgIpc) is 3.36. The smallest absolute Gasteiger partial charge is 0.269 e. The largest absolute Gasteiger partial charge is 0.497 e. The number of benzene rings is 3. The Labute approximate surface area is 229 Å². The first kappa shape index (κ1) is 27.0. The molecule has 0 aliphatic carbocycles. The van der Waals surface area contributed by atoms with Crippen molar-refractivity contribution in [2.75, 3.05) is 18.6 Å². The van der Waals surface area contributed by atoms with E-state index in [0.29, 0.717) is 24.2 Å². The zero-order valence-corrected chi connectivity index (χ0v) is 23.7. The molecular weight excluding hydrogens is 512 g/mol. The highest BCUT2D eigenvalue weighted by atomic mass is 28.3. The summed E-state index contributed by atoms with van der Waals surface area (Å²) in [6.07, 6.45) is -0.0129. The Hall–Kier alpha value is -3.53. The first-order chi connectivity index (χ1) is 18.6. The maximum Gasteiger partial charge on any atom is 0.269 e. The lowest BCUT2D eigenvalue weighted by atomic mass is 9.82. The number of fused-ring (bicyclic) bond motifs is 2. The number of nitro benzene ring substituents is 1. The summed E-state index contributed by atoms with van der Waals surface area (Å²) < 4.78 is 12.2. The standard InChI is InChI=1S/C30H34N2O6Si/c1-20-28(39(3,4)24-13-11-23(37-2)12-14-24)27(16-17-33)38-30(20)25-18-22(32(35)36)10-15-26(25)31(29(30)34)19-21-8-6-5-7-9-21/h5-15,18,20,27-28,33H,16-17,19H2,1-4H3/t20-,27+,28-,30+/m1/s1. The summed E-state index contributed by atoms with van der Waals surface area (Å²) in [5.41, 5.74) is 0.632. The Morgan fingerprint density at radius 3 is 2.41 bits per heavy atom. The van der Waals surface area contributed by atoms with Gasteiger partial charge in [-0.2, -0.15) is 0 Å². The van der Waals surface area contributed by atoms with E-state index >= 15 is 0 Å². The molecule has 0 bridgehead atoms. The summed E-state index contributed by atoms with van der Waals surface area (Å²) in [4.78, 5) is 27.6. The molecule has 2 aliphatic heterocycles. The van der Waals surface area contributed by atoms with E-state index in [1.54, 1.807) is 18.1 Å². The molecule has 3 aromatic carbocycles. The minimum atomic E-state index is -2.32. The van der Waals surface area contributed by atoms with Gasteiger partial charge in [0, 0.05) is 30.2 Å². The highest BCUT2D eigenvalue weighted by Crippen LogP contribution is 2.60. The number of ether oxygens (including phenoxy) is 2. The number of aliphatic hydroxyl groups is 1. The molecule has 204 valence electrons. The van der Waals surface area contributed by atoms with E-state index in [1.165, 1.54) is 17.3 Å². The highest BCUT2D eigenvalue weighted by molar-refractivity contribution is 6.91. The lowest BCUT2D eigenvalue weighted by molar-refractivity contribution is -0.385. The van der Waals surface area contributed by atoms with E-state index in [4.69, 9.17) is 9.47 Å². The maximum atomic E-state index is 14.5. The van der Waals surface area contributed by atoms with Crippen LogP contribution < -0.4 is 14.8 Å². The van der Waals surface area contributed by atoms with Crippen molar-refractivity contribution in [2.45, 2.75) is 50.2 Å². The molecule has 4 atom stereocenters. The van der Waals surface area contributed by atoms with Crippen molar-refractivity contribution in [1.29, 1.82) is 0 Å². The van der Waals surface area contributed by atoms with Gasteiger partial charge in [0.1, 0.15) is 5.75 Å². The van der Waals surface area contributed by atoms with Crippen LogP contribution in [0, 0.1) is 16.0 Å². The lowest BCUT2D eigenvalue weighted by Crippen LogP contribution is -2.51. The minimum absolute atomic E-state index is 0.0363. The van der Waals surface area contributed by atoms with E-state index in [-0.39, 0.29) is 35.8 Å². The molecule has 1 fully saturated rings. The monoisotopic (exact) mass is 546 g/mol. The number of carbonyl (C=O) groups is 1. The van der Waals surface area contributed by atoms with Crippen LogP contribution in [0.15, 0.2) is 72.8 Å². The number of nitro groups is 1. The van der Waals surface area contributed by atoms with Gasteiger partial charge in [-0.25, -0.2) is 0 Å². The van der Waals surface area contributed by atoms with Crippen LogP contribution in [0.4, 0.5) is 11.4 Å². The quantitative estimate of drug-likeness (QED) is 0.249. The first-order valence-electron chi connectivity index (χ1n) is 13.2. The molecule has 0 unspecified atom stereocenters. The van der Waals surface area contributed by atoms with Gasteiger partial charge in [0.15, 0.2) is 5.60 Å². The summed E-state index contributed by atoms with van der Waals surface area (Å²) in [7, 11) is -0.684. The Morgan fingerprint density at radius 2 is 1.79 bits per heavy atom. The van der Waals surface area contributed by atoms with Gasteiger partial charge in [-0.05, 0) is 35.7 Å². The number of hydrogen-bond donors (Lipinski definition) is 1. The van der Waals surface area contributed by atoms with Crippen molar-refractivity contribution in [3.8, 4) is 5.75 Å². The fourth-order valence-corrected chi connectivity index (χ4v) is 10.8. The molecule has 0 aromatic heterocycles. The molecule has 2 aliphatic rings. The van der Waals surface area contributed by atoms with E-state index < -0.39 is 18.6 Å². The van der Waals surface area contributed by atoms with Gasteiger partial charge in [-0.3, -0.25) is 14.9 Å². The molecule has 2 heterocycles. The molecule has 1 N–H and O–H groups in total. The van der Waals surface area contributed by atoms with Crippen molar-refractivity contribution in [2.24, 2.45) is 5.92 Å². The van der Waals surface area contributed by atoms with Crippen LogP contribution in [-0.4, -0.2) is 43.8 Å². The van der Waals surface area contributed by atoms with E-state index in [9.17, 15) is 20.0 Å². The predicted molar refractivity (Wildman–Crippen MR) is 152 cm³/mol. The summed E-state index contributed by atoms with van der Waals surface area (Å²) in [6, 6.07) is 22.4. The number of carbonyl (C=O) groups excluding carboxylic acids is 1. The third-order valence-corrected chi connectivity index (χ3v) is 13.0. The van der Waals surface area contributed by atoms with Crippen LogP contribution >= 0.6 is 0 Å². The third kappa shape index (κ3) is 4.34. The summed E-state index contributed by atoms with van der Waals surface area (Å²) >= 11 is 0. The Morgan fingerprint density at radius 1 is 1.10 bits per heavy atom. The van der Waals surface area contributed by atoms with Gasteiger partial charge in [-0.15, -0.1) is 0 Å². The second-order valence-electron chi connectivity index (χ2n) is 11.0. The van der Waals surface area contributed by atoms with Crippen LogP contribution in [0.3, 0.4) is 0 Å². The molecular formula is C30H34N2O6Si. The molecule has 0 saturated carbocycles. The maximum absolute atomic E-state index is 14.5. The molecule has 1 amide bonds. The molecule has 8 nitrogen and oxygen atoms in total. The molecule has 3 aromatic rings. The third-order valence-electron chi connectivity index (χ3n) is 8.63. The molecule has 1 spiro atoms. The number of aliphatic hydroxyl groups excluding tert-OH is 1. The van der Waals surface area contributed by atoms with Crippen LogP contribution in [0.5, 0.6) is 5.75 Å². The number of anilines is 1. The average molecular weight is 547 g/mol. The molecule has 9 heteroatoms. The number of amides is 1. The minimum Gasteiger partial charge on any atom is -0.497 e. The Balaban J connectivity index is 1.64. The lowest BCUT2D eigenvalue weighted by Gasteiger charge is -2.37. The molecule has 1 saturated heterocycles. The van der Waals surface area contributed by atoms with Gasteiger partial charge in [0.05, 0.1) is 38.4 Å². The van der Waals surface area contributed by atoms with Gasteiger partial charge < -0.3 is 19.5 Å². The van der Waals surface area contributed by atoms with Crippen LogP contribution in [0.25, 0.3) is 0 Å². The number of methoxy groups -OCH3 is 1. The number of non-ortho nitro benzene ring substituents is 1. The number of rotatable bonds is 8. The van der Waals surface area contributed by atoms with Gasteiger partial charge in [-0.1, -0.05) is 67.7 Å². The van der Waals surface area contributed by atoms with E-state index in [2.05, 4.69) is 25.2 Å². The van der Waals surface area contributed by atoms with Crippen molar-refractivity contribution in [1.82, 2.24) is 0 Å². The number of hydrogen-bond acceptors (Lipinski definition) is 6. The van der Waals surface area contributed by atoms with Crippen LogP contribution in [0.2, 0.25) is 18.6 Å². The van der Waals surface area contributed by atoms with E-state index in [0.717, 1.165) is 11.3 Å². The summed E-state index contributed by atoms with van der Waals surface area (Å²) in [5.74, 6) is 0.276. The Bertz CT molecular complexity index is 1380. The molecule has 39 heavy (non-hydrogen) atoms. The second-order valence-corrected chi connectivity index (χ2v) is 15.7. The topological polar surface area (TPSA) is 102 Å². The Kier molecular flexibility index (Phi) is 7.09. The zero-order chi connectivity index (χ0) is 27.9. The van der Waals surface area contributed by atoms with Crippen LogP contribution in [0.1, 0.15) is 24.5 Å². The van der Waals surface area contributed by atoms with Crippen molar-refractivity contribution >= 4 is 30.5 Å². The second kappa shape index (κ2) is 10.2. The normalized spacial score (nSPS) is 24.3. The fraction of sp³-hybridized carbons (Fsp3) is 0.367. The summed E-state index contributed by atoms with van der Waals surface area (Å²) in [6.45, 7) is 6.81. The van der Waals surface area contributed by atoms with Crippen molar-refractivity contribution < 1.29 is 24.3 Å². The van der Waals surface area contributed by atoms with Gasteiger partial charge in [0.2, 0.25) is 0 Å². The van der Waals surface area contributed by atoms with Crippen molar-refractivity contribution in [3.05, 3.63) is 94.0 Å². The SMILES string of the molecule is COc1ccc([Si](C)(C)[C@H]2[C@H](CCO)O[C@@]3(C(=O)N(Cc4ccccc4)c4ccc([N+](=O)[O-])cc43)[C@@H]2C)cc1. The van der Waals surface area contributed by atoms with Gasteiger partial charge in [0.25, 0.3) is 11.6 Å². The van der Waals surface area contributed by atoms with E-state index in [1.807, 2.05) is 49.4 Å². The zero-order valence-electron chi connectivity index (χ0n) is 22.7. The molecule has 5 rings (SSSR count). The number of nitrogens with zero attached hydrogens (tertiary/aromatic N) is 2. The summed E-state index contributed by atoms with van der Waals surface area (Å²) in [5, 5.41) is 23.0. The van der Waals surface area contributed by atoms with Crippen molar-refractivity contribution in [3.63, 3.8) is 0 Å².